The molecule has 0 bridgehead atoms. The van der Waals surface area contributed by atoms with Gasteiger partial charge < -0.3 is 9.67 Å². The summed E-state index contributed by atoms with van der Waals surface area (Å²) in [6.45, 7) is 1.51. The number of carbonyl (C=O) groups excluding carboxylic acids is 1. The predicted octanol–water partition coefficient (Wildman–Crippen LogP) is 0.763. The second-order valence-electron chi connectivity index (χ2n) is 2.38. The third-order valence-corrected chi connectivity index (χ3v) is 1.55. The Morgan fingerprint density at radius 1 is 1.77 bits per heavy atom. The summed E-state index contributed by atoms with van der Waals surface area (Å²) < 4.78 is 1.37. The van der Waals surface area contributed by atoms with E-state index in [0.717, 1.165) is 0 Å². The molecule has 1 N–H and O–H groups in total. The molecule has 1 atom stereocenters. The summed E-state index contributed by atoms with van der Waals surface area (Å²) in [5, 5.41) is 8.58. The number of halogens is 1. The topological polar surface area (TPSA) is 72.2 Å². The van der Waals surface area contributed by atoms with Crippen LogP contribution in [-0.2, 0) is 4.79 Å². The first-order chi connectivity index (χ1) is 5.65. The van der Waals surface area contributed by atoms with E-state index < -0.39 is 12.0 Å². The maximum absolute atomic E-state index is 10.5. The second kappa shape index (κ2) is 4.61. The summed E-state index contributed by atoms with van der Waals surface area (Å²) in [5.74, 6) is -0.954. The van der Waals surface area contributed by atoms with Crippen molar-refractivity contribution in [3.05, 3.63) is 18.2 Å². The number of carboxylic acid groups (broad SMARTS) is 1. The fourth-order valence-corrected chi connectivity index (χ4v) is 0.753. The van der Waals surface area contributed by atoms with Crippen LogP contribution in [0.25, 0.3) is 0 Å². The van der Waals surface area contributed by atoms with Gasteiger partial charge in [-0.3, -0.25) is 4.79 Å². The van der Waals surface area contributed by atoms with E-state index in [-0.39, 0.29) is 18.1 Å². The molecule has 1 unspecified atom stereocenters. The Labute approximate surface area is 80.8 Å². The lowest BCUT2D eigenvalue weighted by molar-refractivity contribution is -0.140. The van der Waals surface area contributed by atoms with Crippen LogP contribution in [0.2, 0.25) is 0 Å². The molecule has 0 aliphatic rings. The highest BCUT2D eigenvalue weighted by atomic mass is 35.5. The standard InChI is InChI=1S/C7H8N2O3.ClH/c1-5(7(11)12)9-2-6(3-10)8-4-9;/h2-5H,1H3,(H,11,12);1H. The summed E-state index contributed by atoms with van der Waals surface area (Å²) in [6, 6.07) is -0.689. The van der Waals surface area contributed by atoms with Gasteiger partial charge in [-0.15, -0.1) is 12.4 Å². The zero-order valence-corrected chi connectivity index (χ0v) is 7.69. The highest BCUT2D eigenvalue weighted by Gasteiger charge is 2.12. The van der Waals surface area contributed by atoms with Crippen LogP contribution in [0.15, 0.2) is 12.5 Å². The molecule has 72 valence electrons. The van der Waals surface area contributed by atoms with Crippen molar-refractivity contribution in [3.8, 4) is 0 Å². The number of hydrogen-bond donors (Lipinski definition) is 1. The van der Waals surface area contributed by atoms with Gasteiger partial charge in [-0.2, -0.15) is 0 Å². The lowest BCUT2D eigenvalue weighted by atomic mass is 10.3. The van der Waals surface area contributed by atoms with Crippen molar-refractivity contribution < 1.29 is 14.7 Å². The molecule has 0 fully saturated rings. The van der Waals surface area contributed by atoms with Gasteiger partial charge in [-0.1, -0.05) is 0 Å². The number of hydrogen-bond acceptors (Lipinski definition) is 3. The van der Waals surface area contributed by atoms with Gasteiger partial charge in [0.1, 0.15) is 11.7 Å². The van der Waals surface area contributed by atoms with Crippen molar-refractivity contribution in [3.63, 3.8) is 0 Å². The molecule has 6 heteroatoms. The first-order valence-electron chi connectivity index (χ1n) is 3.36. The molecule has 0 aliphatic carbocycles. The minimum atomic E-state index is -0.954. The molecule has 1 heterocycles. The molecular weight excluding hydrogens is 196 g/mol. The molecule has 0 aliphatic heterocycles. The van der Waals surface area contributed by atoms with E-state index in [1.54, 1.807) is 0 Å². The Bertz CT molecular complexity index is 310. The number of imidazole rings is 1. The third-order valence-electron chi connectivity index (χ3n) is 1.55. The van der Waals surface area contributed by atoms with E-state index in [1.807, 2.05) is 0 Å². The molecular formula is C7H9ClN2O3. The van der Waals surface area contributed by atoms with Gasteiger partial charge in [0.25, 0.3) is 0 Å². The lowest BCUT2D eigenvalue weighted by Gasteiger charge is -2.05. The maximum atomic E-state index is 10.5. The monoisotopic (exact) mass is 204 g/mol. The summed E-state index contributed by atoms with van der Waals surface area (Å²) >= 11 is 0. The molecule has 1 aromatic heterocycles. The first kappa shape index (κ1) is 11.6. The second-order valence-corrected chi connectivity index (χ2v) is 2.38. The van der Waals surface area contributed by atoms with E-state index in [1.165, 1.54) is 24.0 Å². The van der Waals surface area contributed by atoms with Crippen LogP contribution in [0.3, 0.4) is 0 Å². The van der Waals surface area contributed by atoms with Crippen molar-refractivity contribution in [2.45, 2.75) is 13.0 Å². The van der Waals surface area contributed by atoms with Crippen LogP contribution >= 0.6 is 12.4 Å². The van der Waals surface area contributed by atoms with Crippen LogP contribution < -0.4 is 0 Å². The Morgan fingerprint density at radius 2 is 2.38 bits per heavy atom. The smallest absolute Gasteiger partial charge is 0.326 e. The molecule has 1 rings (SSSR count). The van der Waals surface area contributed by atoms with Crippen molar-refractivity contribution in [2.75, 3.05) is 0 Å². The lowest BCUT2D eigenvalue weighted by Crippen LogP contribution is -2.13. The van der Waals surface area contributed by atoms with Gasteiger partial charge in [-0.25, -0.2) is 9.78 Å². The summed E-state index contributed by atoms with van der Waals surface area (Å²) in [7, 11) is 0. The van der Waals surface area contributed by atoms with E-state index in [2.05, 4.69) is 4.98 Å². The first-order valence-corrected chi connectivity index (χ1v) is 3.36. The molecule has 1 aromatic rings. The van der Waals surface area contributed by atoms with E-state index in [4.69, 9.17) is 5.11 Å². The van der Waals surface area contributed by atoms with E-state index in [9.17, 15) is 9.59 Å². The number of carboxylic acids is 1. The van der Waals surface area contributed by atoms with Gasteiger partial charge in [-0.05, 0) is 6.92 Å². The summed E-state index contributed by atoms with van der Waals surface area (Å²) in [6.07, 6.45) is 3.29. The van der Waals surface area contributed by atoms with Crippen LogP contribution in [0.4, 0.5) is 0 Å². The van der Waals surface area contributed by atoms with E-state index >= 15 is 0 Å². The molecule has 5 nitrogen and oxygen atoms in total. The zero-order valence-electron chi connectivity index (χ0n) is 6.88. The molecule has 0 saturated heterocycles. The van der Waals surface area contributed by atoms with Crippen molar-refractivity contribution >= 4 is 24.7 Å². The molecule has 0 amide bonds. The minimum Gasteiger partial charge on any atom is -0.480 e. The fraction of sp³-hybridized carbons (Fsp3) is 0.286. The number of aliphatic carboxylic acids is 1. The molecule has 0 radical (unpaired) electrons. The highest BCUT2D eigenvalue weighted by Crippen LogP contribution is 2.05. The van der Waals surface area contributed by atoms with Crippen LogP contribution in [0.5, 0.6) is 0 Å². The quantitative estimate of drug-likeness (QED) is 0.738. The van der Waals surface area contributed by atoms with Crippen molar-refractivity contribution in [1.82, 2.24) is 9.55 Å². The van der Waals surface area contributed by atoms with Gasteiger partial charge in [0.05, 0.1) is 6.33 Å². The Hall–Kier alpha value is -1.36. The number of aldehydes is 1. The van der Waals surface area contributed by atoms with Crippen molar-refractivity contribution in [1.29, 1.82) is 0 Å². The van der Waals surface area contributed by atoms with Crippen LogP contribution in [0.1, 0.15) is 23.5 Å². The predicted molar refractivity (Wildman–Crippen MR) is 47.2 cm³/mol. The molecule has 0 aromatic carbocycles. The average Bonchev–Trinajstić information content (AvgIpc) is 2.50. The Balaban J connectivity index is 0.00000144. The van der Waals surface area contributed by atoms with Gasteiger partial charge in [0.2, 0.25) is 0 Å². The van der Waals surface area contributed by atoms with E-state index in [0.29, 0.717) is 6.29 Å². The highest BCUT2D eigenvalue weighted by molar-refractivity contribution is 5.85. The molecule has 0 spiro atoms. The minimum absolute atomic E-state index is 0. The van der Waals surface area contributed by atoms with Gasteiger partial charge >= 0.3 is 5.97 Å². The van der Waals surface area contributed by atoms with Crippen LogP contribution in [-0.4, -0.2) is 26.9 Å². The Morgan fingerprint density at radius 3 is 2.77 bits per heavy atom. The largest absolute Gasteiger partial charge is 0.480 e. The van der Waals surface area contributed by atoms with Crippen LogP contribution in [0, 0.1) is 0 Å². The number of aromatic nitrogens is 2. The summed E-state index contributed by atoms with van der Waals surface area (Å²) in [5.41, 5.74) is 0.239. The van der Waals surface area contributed by atoms with Gasteiger partial charge in [0, 0.05) is 6.20 Å². The molecule has 0 saturated carbocycles. The Kier molecular flexibility index (Phi) is 4.13. The maximum Gasteiger partial charge on any atom is 0.326 e. The normalized spacial score (nSPS) is 11.5. The number of nitrogens with zero attached hydrogens (tertiary/aromatic N) is 2. The molecule has 13 heavy (non-hydrogen) atoms. The summed E-state index contributed by atoms with van der Waals surface area (Å²) in [4.78, 5) is 24.3. The fourth-order valence-electron chi connectivity index (χ4n) is 0.753. The van der Waals surface area contributed by atoms with Gasteiger partial charge in [0.15, 0.2) is 6.29 Å². The number of carbonyl (C=O) groups is 2. The third kappa shape index (κ3) is 2.55. The number of rotatable bonds is 3. The van der Waals surface area contributed by atoms with Crippen molar-refractivity contribution in [2.24, 2.45) is 0 Å². The SMILES string of the molecule is CC(C(=O)O)n1cnc(C=O)c1.Cl. The zero-order chi connectivity index (χ0) is 9.14. The average molecular weight is 205 g/mol.